The molecule has 0 aliphatic carbocycles. The van der Waals surface area contributed by atoms with Gasteiger partial charge in [-0.05, 0) is 36.8 Å². The first-order valence-electron chi connectivity index (χ1n) is 8.41. The maximum absolute atomic E-state index is 13.2. The van der Waals surface area contributed by atoms with Crippen molar-refractivity contribution in [1.82, 2.24) is 14.8 Å². The smallest absolute Gasteiger partial charge is 0.385 e. The Morgan fingerprint density at radius 1 is 1.11 bits per heavy atom. The van der Waals surface area contributed by atoms with Crippen molar-refractivity contribution >= 4 is 23.4 Å². The molecule has 28 heavy (non-hydrogen) atoms. The fraction of sp³-hybridized carbons (Fsp3) is 0.263. The zero-order chi connectivity index (χ0) is 20.1. The van der Waals surface area contributed by atoms with Gasteiger partial charge in [0.05, 0.1) is 16.3 Å². The first kappa shape index (κ1) is 20.7. The number of ether oxygens (including phenoxy) is 1. The number of aromatic nitrogens is 3. The molecule has 0 atom stereocenters. The van der Waals surface area contributed by atoms with E-state index in [4.69, 9.17) is 16.3 Å². The zero-order valence-electron chi connectivity index (χ0n) is 14.9. The second kappa shape index (κ2) is 8.98. The Morgan fingerprint density at radius 2 is 1.89 bits per heavy atom. The van der Waals surface area contributed by atoms with E-state index in [9.17, 15) is 13.2 Å². The van der Waals surface area contributed by atoms with Crippen LogP contribution in [0.15, 0.2) is 53.7 Å². The summed E-state index contributed by atoms with van der Waals surface area (Å²) in [5.41, 5.74) is 0.181. The molecule has 0 amide bonds. The van der Waals surface area contributed by atoms with Crippen LogP contribution in [0.4, 0.5) is 13.2 Å². The third-order valence-electron chi connectivity index (χ3n) is 3.90. The van der Waals surface area contributed by atoms with Gasteiger partial charge in [-0.3, -0.25) is 4.57 Å². The van der Waals surface area contributed by atoms with Crippen molar-refractivity contribution in [3.05, 3.63) is 59.1 Å². The van der Waals surface area contributed by atoms with E-state index in [1.54, 1.807) is 42.0 Å². The van der Waals surface area contributed by atoms with Crippen molar-refractivity contribution in [2.75, 3.05) is 19.5 Å². The average Bonchev–Trinajstić information content (AvgIpc) is 3.09. The lowest BCUT2D eigenvalue weighted by Gasteiger charge is -2.13. The molecule has 4 nitrogen and oxygen atoms in total. The van der Waals surface area contributed by atoms with Gasteiger partial charge in [-0.2, -0.15) is 13.2 Å². The van der Waals surface area contributed by atoms with Crippen LogP contribution < -0.4 is 0 Å². The summed E-state index contributed by atoms with van der Waals surface area (Å²) in [4.78, 5) is 0. The molecule has 2 aromatic carbocycles. The maximum atomic E-state index is 13.2. The summed E-state index contributed by atoms with van der Waals surface area (Å²) < 4.78 is 46.3. The third kappa shape index (κ3) is 4.68. The quantitative estimate of drug-likeness (QED) is 0.356. The molecule has 148 valence electrons. The fourth-order valence-electron chi connectivity index (χ4n) is 2.60. The topological polar surface area (TPSA) is 39.9 Å². The molecular formula is C19H17ClF3N3OS. The predicted molar refractivity (Wildman–Crippen MR) is 104 cm³/mol. The highest BCUT2D eigenvalue weighted by Gasteiger charge is 2.31. The Bertz CT molecular complexity index is 946. The largest absolute Gasteiger partial charge is 0.416 e. The standard InChI is InChI=1S/C19H17ClF3N3OS/c1-27-10-5-11-28-18-25-24-17(15-8-2-3-9-16(15)20)26(18)14-7-4-6-13(12-14)19(21,22)23/h2-4,6-9,12H,5,10-11H2,1H3. The second-order valence-corrected chi connectivity index (χ2v) is 7.33. The van der Waals surface area contributed by atoms with E-state index >= 15 is 0 Å². The number of methoxy groups -OCH3 is 1. The number of benzene rings is 2. The van der Waals surface area contributed by atoms with Gasteiger partial charge in [-0.25, -0.2) is 0 Å². The van der Waals surface area contributed by atoms with E-state index in [2.05, 4.69) is 10.2 Å². The van der Waals surface area contributed by atoms with E-state index < -0.39 is 11.7 Å². The molecule has 0 aliphatic rings. The third-order valence-corrected chi connectivity index (χ3v) is 5.25. The number of alkyl halides is 3. The van der Waals surface area contributed by atoms with Crippen molar-refractivity contribution in [2.24, 2.45) is 0 Å². The number of nitrogens with zero attached hydrogens (tertiary/aromatic N) is 3. The van der Waals surface area contributed by atoms with Gasteiger partial charge in [0.15, 0.2) is 11.0 Å². The van der Waals surface area contributed by atoms with Crippen LogP contribution >= 0.6 is 23.4 Å². The Kier molecular flexibility index (Phi) is 6.64. The number of thioether (sulfide) groups is 1. The lowest BCUT2D eigenvalue weighted by Crippen LogP contribution is -2.07. The SMILES string of the molecule is COCCCSc1nnc(-c2ccccc2Cl)n1-c1cccc(C(F)(F)F)c1. The normalized spacial score (nSPS) is 11.8. The Balaban J connectivity index is 2.08. The molecule has 0 bridgehead atoms. The lowest BCUT2D eigenvalue weighted by molar-refractivity contribution is -0.137. The summed E-state index contributed by atoms with van der Waals surface area (Å²) in [5.74, 6) is 1.08. The summed E-state index contributed by atoms with van der Waals surface area (Å²) in [6, 6.07) is 12.1. The van der Waals surface area contributed by atoms with Crippen LogP contribution in [0.2, 0.25) is 5.02 Å². The summed E-state index contributed by atoms with van der Waals surface area (Å²) in [6.45, 7) is 0.585. The molecule has 0 saturated heterocycles. The molecule has 0 fully saturated rings. The minimum Gasteiger partial charge on any atom is -0.385 e. The van der Waals surface area contributed by atoms with Gasteiger partial charge in [-0.1, -0.05) is 41.6 Å². The van der Waals surface area contributed by atoms with E-state index in [0.29, 0.717) is 39.6 Å². The molecule has 0 N–H and O–H groups in total. The number of rotatable bonds is 7. The van der Waals surface area contributed by atoms with Crippen LogP contribution in [-0.2, 0) is 10.9 Å². The van der Waals surface area contributed by atoms with Gasteiger partial charge in [0, 0.05) is 25.0 Å². The number of hydrogen-bond acceptors (Lipinski definition) is 4. The predicted octanol–water partition coefficient (Wildman–Crippen LogP) is 5.74. The Hall–Kier alpha value is -2.03. The van der Waals surface area contributed by atoms with E-state index in [-0.39, 0.29) is 0 Å². The van der Waals surface area contributed by atoms with Crippen LogP contribution in [-0.4, -0.2) is 34.2 Å². The first-order valence-corrected chi connectivity index (χ1v) is 9.78. The highest BCUT2D eigenvalue weighted by Crippen LogP contribution is 2.35. The Labute approximate surface area is 169 Å². The summed E-state index contributed by atoms with van der Waals surface area (Å²) >= 11 is 7.69. The highest BCUT2D eigenvalue weighted by atomic mass is 35.5. The first-order chi connectivity index (χ1) is 13.4. The lowest BCUT2D eigenvalue weighted by atomic mass is 10.1. The van der Waals surface area contributed by atoms with Gasteiger partial charge in [-0.15, -0.1) is 10.2 Å². The summed E-state index contributed by atoms with van der Waals surface area (Å²) in [6.07, 6.45) is -3.67. The van der Waals surface area contributed by atoms with Gasteiger partial charge < -0.3 is 4.74 Å². The molecular weight excluding hydrogens is 411 g/mol. The van der Waals surface area contributed by atoms with Gasteiger partial charge in [0.1, 0.15) is 0 Å². The Morgan fingerprint density at radius 3 is 2.61 bits per heavy atom. The number of halogens is 4. The second-order valence-electron chi connectivity index (χ2n) is 5.86. The van der Waals surface area contributed by atoms with Crippen molar-refractivity contribution in [2.45, 2.75) is 17.8 Å². The number of hydrogen-bond donors (Lipinski definition) is 0. The molecule has 0 radical (unpaired) electrons. The maximum Gasteiger partial charge on any atom is 0.416 e. The molecule has 0 spiro atoms. The van der Waals surface area contributed by atoms with Crippen LogP contribution in [0.3, 0.4) is 0 Å². The van der Waals surface area contributed by atoms with Crippen LogP contribution in [0.1, 0.15) is 12.0 Å². The van der Waals surface area contributed by atoms with Crippen LogP contribution in [0.25, 0.3) is 17.1 Å². The average molecular weight is 428 g/mol. The van der Waals surface area contributed by atoms with Crippen LogP contribution in [0, 0.1) is 0 Å². The van der Waals surface area contributed by atoms with Crippen molar-refractivity contribution in [3.8, 4) is 17.1 Å². The minimum atomic E-state index is -4.44. The van der Waals surface area contributed by atoms with E-state index in [0.717, 1.165) is 18.6 Å². The molecule has 1 aromatic heterocycles. The summed E-state index contributed by atoms with van der Waals surface area (Å²) in [5, 5.41) is 9.34. The van der Waals surface area contributed by atoms with Crippen molar-refractivity contribution in [1.29, 1.82) is 0 Å². The van der Waals surface area contributed by atoms with E-state index in [1.807, 2.05) is 0 Å². The molecule has 3 rings (SSSR count). The highest BCUT2D eigenvalue weighted by molar-refractivity contribution is 7.99. The van der Waals surface area contributed by atoms with E-state index in [1.165, 1.54) is 17.8 Å². The van der Waals surface area contributed by atoms with Gasteiger partial charge >= 0.3 is 6.18 Å². The molecule has 1 heterocycles. The van der Waals surface area contributed by atoms with Crippen molar-refractivity contribution in [3.63, 3.8) is 0 Å². The van der Waals surface area contributed by atoms with Gasteiger partial charge in [0.2, 0.25) is 0 Å². The monoisotopic (exact) mass is 427 g/mol. The fourth-order valence-corrected chi connectivity index (χ4v) is 3.69. The molecule has 9 heteroatoms. The minimum absolute atomic E-state index is 0.323. The van der Waals surface area contributed by atoms with Gasteiger partial charge in [0.25, 0.3) is 0 Å². The van der Waals surface area contributed by atoms with Crippen LogP contribution in [0.5, 0.6) is 0 Å². The summed E-state index contributed by atoms with van der Waals surface area (Å²) in [7, 11) is 1.62. The van der Waals surface area contributed by atoms with Crippen molar-refractivity contribution < 1.29 is 17.9 Å². The molecule has 0 saturated carbocycles. The molecule has 0 aliphatic heterocycles. The molecule has 0 unspecified atom stereocenters. The molecule has 3 aromatic rings. The zero-order valence-corrected chi connectivity index (χ0v) is 16.5.